The van der Waals surface area contributed by atoms with Gasteiger partial charge in [0.2, 0.25) is 10.0 Å². The number of nitrogens with one attached hydrogen (secondary N) is 1. The summed E-state index contributed by atoms with van der Waals surface area (Å²) in [5.74, 6) is 0. The maximum atomic E-state index is 12.2. The smallest absolute Gasteiger partial charge is 0.243 e. The van der Waals surface area contributed by atoms with Crippen molar-refractivity contribution in [1.29, 1.82) is 0 Å². The number of nitrogens with zero attached hydrogens (tertiary/aromatic N) is 2. The van der Waals surface area contributed by atoms with Gasteiger partial charge in [-0.15, -0.1) is 0 Å². The first kappa shape index (κ1) is 14.5. The summed E-state index contributed by atoms with van der Waals surface area (Å²) in [6.07, 6.45) is 9.13. The van der Waals surface area contributed by atoms with Gasteiger partial charge in [0, 0.05) is 12.2 Å². The largest absolute Gasteiger partial charge is 0.394 e. The first-order valence-electron chi connectivity index (χ1n) is 6.77. The highest BCUT2D eigenvalue weighted by atomic mass is 32.2. The van der Waals surface area contributed by atoms with Gasteiger partial charge in [-0.25, -0.2) is 13.1 Å². The molecule has 0 saturated heterocycles. The van der Waals surface area contributed by atoms with Crippen LogP contribution in [0.3, 0.4) is 0 Å². The van der Waals surface area contributed by atoms with Crippen LogP contribution in [0, 0.1) is 0 Å². The number of hydrogen-bond acceptors (Lipinski definition) is 4. The molecule has 1 aromatic rings. The zero-order valence-electron chi connectivity index (χ0n) is 11.0. The van der Waals surface area contributed by atoms with Crippen molar-refractivity contribution in [3.8, 4) is 0 Å². The number of aliphatic hydroxyl groups is 1. The Labute approximate surface area is 113 Å². The summed E-state index contributed by atoms with van der Waals surface area (Å²) in [7, 11) is -3.49. The zero-order chi connectivity index (χ0) is 13.7. The predicted molar refractivity (Wildman–Crippen MR) is 71.1 cm³/mol. The van der Waals surface area contributed by atoms with E-state index in [1.807, 2.05) is 0 Å². The lowest BCUT2D eigenvalue weighted by Gasteiger charge is -2.15. The monoisotopic (exact) mass is 287 g/mol. The van der Waals surface area contributed by atoms with Crippen LogP contribution in [0.2, 0.25) is 0 Å². The van der Waals surface area contributed by atoms with E-state index in [2.05, 4.69) is 9.82 Å². The molecule has 6 nitrogen and oxygen atoms in total. The number of aromatic nitrogens is 2. The topological polar surface area (TPSA) is 84.2 Å². The van der Waals surface area contributed by atoms with Crippen LogP contribution in [-0.2, 0) is 16.6 Å². The SMILES string of the molecule is O=S(=O)(NC1CCCCCC1)c1cnn(CCO)c1. The minimum Gasteiger partial charge on any atom is -0.394 e. The molecule has 7 heteroatoms. The molecule has 2 N–H and O–H groups in total. The molecule has 0 radical (unpaired) electrons. The molecule has 2 rings (SSSR count). The molecule has 0 aromatic carbocycles. The fraction of sp³-hybridized carbons (Fsp3) is 0.750. The Balaban J connectivity index is 2.03. The third-order valence-corrected chi connectivity index (χ3v) is 4.90. The van der Waals surface area contributed by atoms with Gasteiger partial charge in [0.1, 0.15) is 4.90 Å². The second kappa shape index (κ2) is 6.49. The Morgan fingerprint density at radius 3 is 2.63 bits per heavy atom. The quantitative estimate of drug-likeness (QED) is 0.787. The van der Waals surface area contributed by atoms with E-state index in [0.29, 0.717) is 6.54 Å². The summed E-state index contributed by atoms with van der Waals surface area (Å²) >= 11 is 0. The van der Waals surface area contributed by atoms with E-state index in [1.165, 1.54) is 29.9 Å². The lowest BCUT2D eigenvalue weighted by atomic mass is 10.1. The van der Waals surface area contributed by atoms with Crippen LogP contribution in [0.4, 0.5) is 0 Å². The van der Waals surface area contributed by atoms with Crippen molar-refractivity contribution in [1.82, 2.24) is 14.5 Å². The number of hydrogen-bond donors (Lipinski definition) is 2. The van der Waals surface area contributed by atoms with Crippen molar-refractivity contribution in [2.75, 3.05) is 6.61 Å². The molecule has 108 valence electrons. The maximum absolute atomic E-state index is 12.2. The standard InChI is InChI=1S/C12H21N3O3S/c16-8-7-15-10-12(9-13-15)19(17,18)14-11-5-3-1-2-4-6-11/h9-11,14,16H,1-8H2. The molecule has 0 atom stereocenters. The van der Waals surface area contributed by atoms with Crippen molar-refractivity contribution in [3.63, 3.8) is 0 Å². The van der Waals surface area contributed by atoms with Crippen LogP contribution in [0.25, 0.3) is 0 Å². The third kappa shape index (κ3) is 4.02. The lowest BCUT2D eigenvalue weighted by molar-refractivity contribution is 0.269. The fourth-order valence-electron chi connectivity index (χ4n) is 2.39. The van der Waals surface area contributed by atoms with Gasteiger partial charge >= 0.3 is 0 Å². The van der Waals surface area contributed by atoms with Gasteiger partial charge in [0.25, 0.3) is 0 Å². The van der Waals surface area contributed by atoms with E-state index in [1.54, 1.807) is 0 Å². The van der Waals surface area contributed by atoms with Gasteiger partial charge < -0.3 is 5.11 Å². The Bertz CT molecular complexity index is 490. The fourth-order valence-corrected chi connectivity index (χ4v) is 3.65. The Morgan fingerprint density at radius 1 is 1.32 bits per heavy atom. The van der Waals surface area contributed by atoms with Crippen molar-refractivity contribution >= 4 is 10.0 Å². The van der Waals surface area contributed by atoms with Gasteiger partial charge in [-0.2, -0.15) is 5.10 Å². The van der Waals surface area contributed by atoms with E-state index in [9.17, 15) is 8.42 Å². The summed E-state index contributed by atoms with van der Waals surface area (Å²) in [5.41, 5.74) is 0. The van der Waals surface area contributed by atoms with Gasteiger partial charge in [0.15, 0.2) is 0 Å². The zero-order valence-corrected chi connectivity index (χ0v) is 11.8. The Morgan fingerprint density at radius 2 is 2.00 bits per heavy atom. The average Bonchev–Trinajstić information content (AvgIpc) is 2.69. The van der Waals surface area contributed by atoms with Crippen LogP contribution in [0.5, 0.6) is 0 Å². The van der Waals surface area contributed by atoms with Crippen LogP contribution < -0.4 is 4.72 Å². The first-order valence-corrected chi connectivity index (χ1v) is 8.26. The normalized spacial score (nSPS) is 18.4. The first-order chi connectivity index (χ1) is 9.12. The second-order valence-corrected chi connectivity index (χ2v) is 6.69. The second-order valence-electron chi connectivity index (χ2n) is 4.97. The maximum Gasteiger partial charge on any atom is 0.243 e. The molecule has 1 aromatic heterocycles. The van der Waals surface area contributed by atoms with Gasteiger partial charge in [-0.3, -0.25) is 4.68 Å². The summed E-state index contributed by atoms with van der Waals surface area (Å²) in [6.45, 7) is 0.246. The van der Waals surface area contributed by atoms with E-state index in [-0.39, 0.29) is 17.5 Å². The molecule has 1 aliphatic rings. The number of rotatable bonds is 5. The van der Waals surface area contributed by atoms with Crippen LogP contribution >= 0.6 is 0 Å². The summed E-state index contributed by atoms with van der Waals surface area (Å²) in [6, 6.07) is 0.0358. The molecular formula is C12H21N3O3S. The van der Waals surface area contributed by atoms with Crippen molar-refractivity contribution < 1.29 is 13.5 Å². The molecular weight excluding hydrogens is 266 g/mol. The minimum absolute atomic E-state index is 0.0358. The third-order valence-electron chi connectivity index (χ3n) is 3.43. The van der Waals surface area contributed by atoms with Gasteiger partial charge in [-0.1, -0.05) is 25.7 Å². The van der Waals surface area contributed by atoms with Crippen molar-refractivity contribution in [2.45, 2.75) is 56.0 Å². The number of sulfonamides is 1. The van der Waals surface area contributed by atoms with Crippen molar-refractivity contribution in [2.24, 2.45) is 0 Å². The van der Waals surface area contributed by atoms with Gasteiger partial charge in [-0.05, 0) is 12.8 Å². The summed E-state index contributed by atoms with van der Waals surface area (Å²) in [5, 5.41) is 12.7. The molecule has 0 spiro atoms. The highest BCUT2D eigenvalue weighted by molar-refractivity contribution is 7.89. The lowest BCUT2D eigenvalue weighted by Crippen LogP contribution is -2.34. The molecule has 0 bridgehead atoms. The van der Waals surface area contributed by atoms with Crippen LogP contribution in [0.15, 0.2) is 17.3 Å². The molecule has 19 heavy (non-hydrogen) atoms. The molecule has 0 unspecified atom stereocenters. The molecule has 1 saturated carbocycles. The van der Waals surface area contributed by atoms with E-state index < -0.39 is 10.0 Å². The van der Waals surface area contributed by atoms with E-state index in [0.717, 1.165) is 25.7 Å². The molecule has 1 heterocycles. The van der Waals surface area contributed by atoms with E-state index in [4.69, 9.17) is 5.11 Å². The average molecular weight is 287 g/mol. The molecule has 0 aliphatic heterocycles. The van der Waals surface area contributed by atoms with Crippen molar-refractivity contribution in [3.05, 3.63) is 12.4 Å². The minimum atomic E-state index is -3.49. The Hall–Kier alpha value is -0.920. The van der Waals surface area contributed by atoms with E-state index >= 15 is 0 Å². The molecule has 0 amide bonds. The Kier molecular flexibility index (Phi) is 4.95. The molecule has 1 aliphatic carbocycles. The summed E-state index contributed by atoms with van der Waals surface area (Å²) in [4.78, 5) is 0.171. The highest BCUT2D eigenvalue weighted by Crippen LogP contribution is 2.19. The van der Waals surface area contributed by atoms with Crippen LogP contribution in [0.1, 0.15) is 38.5 Å². The summed E-state index contributed by atoms with van der Waals surface area (Å²) < 4.78 is 28.6. The number of aliphatic hydroxyl groups excluding tert-OH is 1. The predicted octanol–water partition coefficient (Wildman–Crippen LogP) is 0.876. The van der Waals surface area contributed by atoms with Crippen LogP contribution in [-0.4, -0.2) is 36.0 Å². The highest BCUT2D eigenvalue weighted by Gasteiger charge is 2.22. The van der Waals surface area contributed by atoms with Gasteiger partial charge in [0.05, 0.1) is 19.3 Å². The molecule has 1 fully saturated rings.